The van der Waals surface area contributed by atoms with Gasteiger partial charge in [0.2, 0.25) is 0 Å². The van der Waals surface area contributed by atoms with Crippen molar-refractivity contribution >= 4 is 63.0 Å². The van der Waals surface area contributed by atoms with Gasteiger partial charge in [0, 0.05) is 45.9 Å². The second-order valence-corrected chi connectivity index (χ2v) is 14.4. The molecular weight excluding hydrogens is 647 g/mol. The first-order chi connectivity index (χ1) is 24.6. The van der Waals surface area contributed by atoms with Crippen molar-refractivity contribution in [3.05, 3.63) is 156 Å². The number of hydrogen-bond donors (Lipinski definition) is 0. The van der Waals surface area contributed by atoms with Gasteiger partial charge in [0.1, 0.15) is 0 Å². The lowest BCUT2D eigenvalue weighted by molar-refractivity contribution is 1.44. The lowest BCUT2D eigenvalue weighted by Crippen LogP contribution is -1.94. The van der Waals surface area contributed by atoms with Crippen LogP contribution < -0.4 is 0 Å². The molecule has 9 rings (SSSR count). The highest BCUT2D eigenvalue weighted by molar-refractivity contribution is 7.26. The minimum Gasteiger partial charge on any atom is -0.192 e. The third-order valence-electron chi connectivity index (χ3n) is 9.34. The predicted octanol–water partition coefficient (Wildman–Crippen LogP) is 12.7. The summed E-state index contributed by atoms with van der Waals surface area (Å²) in [5, 5.41) is 34.6. The van der Waals surface area contributed by atoms with Crippen LogP contribution in [0.25, 0.3) is 84.9 Å². The average molecular weight is 670 g/mol. The lowest BCUT2D eigenvalue weighted by atomic mass is 9.86. The van der Waals surface area contributed by atoms with Crippen LogP contribution in [0.15, 0.2) is 140 Å². The topological polar surface area (TPSA) is 71.4 Å². The van der Waals surface area contributed by atoms with Crippen molar-refractivity contribution < 1.29 is 0 Å². The van der Waals surface area contributed by atoms with Gasteiger partial charge in [-0.25, -0.2) is 0 Å². The van der Waals surface area contributed by atoms with Crippen LogP contribution in [-0.4, -0.2) is 0 Å². The summed E-state index contributed by atoms with van der Waals surface area (Å²) in [4.78, 5) is 0. The summed E-state index contributed by atoms with van der Waals surface area (Å²) in [6.07, 6.45) is 0. The predicted molar refractivity (Wildman–Crippen MR) is 208 cm³/mol. The summed E-state index contributed by atoms with van der Waals surface area (Å²) in [5.74, 6) is 0. The van der Waals surface area contributed by atoms with Gasteiger partial charge >= 0.3 is 0 Å². The Balaban J connectivity index is 1.32. The van der Waals surface area contributed by atoms with E-state index in [1.807, 2.05) is 54.6 Å². The van der Waals surface area contributed by atoms with E-state index in [9.17, 15) is 15.8 Å². The minimum absolute atomic E-state index is 0.449. The van der Waals surface area contributed by atoms with Crippen molar-refractivity contribution in [3.8, 4) is 62.7 Å². The molecule has 0 unspecified atom stereocenters. The van der Waals surface area contributed by atoms with E-state index in [0.717, 1.165) is 64.7 Å². The largest absolute Gasteiger partial charge is 0.192 e. The van der Waals surface area contributed by atoms with Gasteiger partial charge in [-0.1, -0.05) is 66.7 Å². The van der Waals surface area contributed by atoms with Crippen LogP contribution in [0.2, 0.25) is 0 Å². The Morgan fingerprint density at radius 1 is 0.360 bits per heavy atom. The Hall–Kier alpha value is -6.55. The number of benzene rings is 7. The Morgan fingerprint density at radius 3 is 1.64 bits per heavy atom. The lowest BCUT2D eigenvalue weighted by Gasteiger charge is -2.17. The third kappa shape index (κ3) is 4.92. The molecule has 0 saturated carbocycles. The van der Waals surface area contributed by atoms with Crippen LogP contribution in [0.5, 0.6) is 0 Å². The summed E-state index contributed by atoms with van der Waals surface area (Å²) in [6, 6.07) is 54.7. The molecule has 0 radical (unpaired) electrons. The number of thiophene rings is 2. The average Bonchev–Trinajstić information content (AvgIpc) is 3.74. The third-order valence-corrected chi connectivity index (χ3v) is 11.6. The molecule has 230 valence electrons. The molecule has 5 heteroatoms. The van der Waals surface area contributed by atoms with E-state index < -0.39 is 0 Å². The van der Waals surface area contributed by atoms with E-state index in [-0.39, 0.29) is 0 Å². The number of nitriles is 3. The second-order valence-electron chi connectivity index (χ2n) is 12.3. The Labute approximate surface area is 296 Å². The van der Waals surface area contributed by atoms with Crippen LogP contribution in [0, 0.1) is 34.0 Å². The van der Waals surface area contributed by atoms with Gasteiger partial charge in [0.15, 0.2) is 0 Å². The summed E-state index contributed by atoms with van der Waals surface area (Å²) in [7, 11) is 0. The molecule has 0 fully saturated rings. The molecule has 0 bridgehead atoms. The van der Waals surface area contributed by atoms with Crippen LogP contribution in [-0.2, 0) is 0 Å². The van der Waals surface area contributed by atoms with E-state index in [0.29, 0.717) is 16.7 Å². The number of fused-ring (bicyclic) bond motifs is 6. The maximum absolute atomic E-state index is 10.5. The highest BCUT2D eigenvalue weighted by atomic mass is 32.1. The molecule has 0 aliphatic carbocycles. The van der Waals surface area contributed by atoms with E-state index >= 15 is 0 Å². The van der Waals surface area contributed by atoms with Gasteiger partial charge < -0.3 is 0 Å². The summed E-state index contributed by atoms with van der Waals surface area (Å²) >= 11 is 3.49. The molecule has 0 amide bonds. The molecule has 0 aliphatic heterocycles. The van der Waals surface area contributed by atoms with Crippen LogP contribution in [0.1, 0.15) is 16.7 Å². The molecule has 3 nitrogen and oxygen atoms in total. The van der Waals surface area contributed by atoms with Gasteiger partial charge in [-0.3, -0.25) is 0 Å². The fourth-order valence-corrected chi connectivity index (χ4v) is 9.20. The molecular formula is C45H23N3S2. The maximum atomic E-state index is 10.5. The smallest absolute Gasteiger partial charge is 0.0998 e. The fraction of sp³-hybridized carbons (Fsp3) is 0. The number of nitrogens with zero attached hydrogens (tertiary/aromatic N) is 3. The fourth-order valence-electron chi connectivity index (χ4n) is 6.99. The van der Waals surface area contributed by atoms with Gasteiger partial charge in [-0.15, -0.1) is 22.7 Å². The van der Waals surface area contributed by atoms with Gasteiger partial charge in [0.05, 0.1) is 34.9 Å². The van der Waals surface area contributed by atoms with Crippen molar-refractivity contribution in [2.24, 2.45) is 0 Å². The zero-order chi connectivity index (χ0) is 33.8. The zero-order valence-electron chi connectivity index (χ0n) is 26.4. The minimum atomic E-state index is 0.449. The molecule has 0 spiro atoms. The zero-order valence-corrected chi connectivity index (χ0v) is 28.1. The first kappa shape index (κ1) is 29.6. The standard InChI is InChI=1S/C45H23N3S2/c46-24-27-10-13-37-40-23-31(12-15-43(40)50-44(37)18-27)33-19-32(30-11-14-42-39(22-30)36-8-4-5-9-41(36)49-42)20-34(21-33)45-35(26-48)16-28(25-47)17-38(45)29-6-2-1-3-7-29/h1-23H. The van der Waals surface area contributed by atoms with Gasteiger partial charge in [-0.05, 0) is 112 Å². The Kier molecular flexibility index (Phi) is 7.01. The molecule has 0 aliphatic rings. The number of rotatable bonds is 4. The molecule has 0 N–H and O–H groups in total. The van der Waals surface area contributed by atoms with E-state index in [1.54, 1.807) is 28.7 Å². The Bertz CT molecular complexity index is 2960. The van der Waals surface area contributed by atoms with Crippen molar-refractivity contribution in [1.29, 1.82) is 15.8 Å². The monoisotopic (exact) mass is 669 g/mol. The maximum Gasteiger partial charge on any atom is 0.0998 e. The van der Waals surface area contributed by atoms with Gasteiger partial charge in [-0.2, -0.15) is 15.8 Å². The van der Waals surface area contributed by atoms with Crippen LogP contribution in [0.3, 0.4) is 0 Å². The van der Waals surface area contributed by atoms with Crippen molar-refractivity contribution in [2.45, 2.75) is 0 Å². The molecule has 50 heavy (non-hydrogen) atoms. The van der Waals surface area contributed by atoms with Crippen LogP contribution >= 0.6 is 22.7 Å². The van der Waals surface area contributed by atoms with Crippen LogP contribution in [0.4, 0.5) is 0 Å². The van der Waals surface area contributed by atoms with E-state index in [2.05, 4.69) is 97.1 Å². The molecule has 0 atom stereocenters. The van der Waals surface area contributed by atoms with E-state index in [4.69, 9.17) is 0 Å². The van der Waals surface area contributed by atoms with E-state index in [1.165, 1.54) is 20.2 Å². The first-order valence-electron chi connectivity index (χ1n) is 16.1. The normalized spacial score (nSPS) is 11.1. The van der Waals surface area contributed by atoms with Crippen molar-refractivity contribution in [1.82, 2.24) is 0 Å². The van der Waals surface area contributed by atoms with Gasteiger partial charge in [0.25, 0.3) is 0 Å². The Morgan fingerprint density at radius 2 is 0.960 bits per heavy atom. The van der Waals surface area contributed by atoms with Crippen molar-refractivity contribution in [2.75, 3.05) is 0 Å². The highest BCUT2D eigenvalue weighted by Gasteiger charge is 2.18. The SMILES string of the molecule is N#Cc1cc(C#N)c(-c2cc(-c3ccc4sc5ccccc5c4c3)cc(-c3ccc4sc5cc(C#N)ccc5c4c3)c2)c(-c2ccccc2)c1. The molecule has 9 aromatic rings. The highest BCUT2D eigenvalue weighted by Crippen LogP contribution is 2.43. The van der Waals surface area contributed by atoms with Crippen molar-refractivity contribution in [3.63, 3.8) is 0 Å². The molecule has 7 aromatic carbocycles. The summed E-state index contributed by atoms with van der Waals surface area (Å²) in [5.41, 5.74) is 9.25. The summed E-state index contributed by atoms with van der Waals surface area (Å²) in [6.45, 7) is 0. The first-order valence-corrected chi connectivity index (χ1v) is 17.7. The molecule has 0 saturated heterocycles. The summed E-state index contributed by atoms with van der Waals surface area (Å²) < 4.78 is 4.75. The quantitative estimate of drug-likeness (QED) is 0.187. The molecule has 2 heterocycles. The number of hydrogen-bond acceptors (Lipinski definition) is 5. The second kappa shape index (κ2) is 11.9. The molecule has 2 aromatic heterocycles.